The Morgan fingerprint density at radius 3 is 2.67 bits per heavy atom. The minimum atomic E-state index is -0.468. The number of nitrogen functional groups attached to an aromatic ring is 1. The van der Waals surface area contributed by atoms with Crippen LogP contribution in [0.3, 0.4) is 0 Å². The van der Waals surface area contributed by atoms with Gasteiger partial charge in [0, 0.05) is 21.4 Å². The molecule has 18 heavy (non-hydrogen) atoms. The molecule has 5 nitrogen and oxygen atoms in total. The molecule has 0 atom stereocenters. The van der Waals surface area contributed by atoms with E-state index in [1.165, 1.54) is 6.07 Å². The fourth-order valence-corrected chi connectivity index (χ4v) is 1.90. The van der Waals surface area contributed by atoms with E-state index in [1.807, 2.05) is 22.6 Å². The number of halogens is 1. The van der Waals surface area contributed by atoms with Crippen molar-refractivity contribution in [2.45, 2.75) is 0 Å². The lowest BCUT2D eigenvalue weighted by Gasteiger charge is -2.07. The zero-order valence-electron chi connectivity index (χ0n) is 9.17. The van der Waals surface area contributed by atoms with Crippen molar-refractivity contribution < 1.29 is 9.66 Å². The van der Waals surface area contributed by atoms with Crippen LogP contribution in [0.15, 0.2) is 42.5 Å². The first-order valence-electron chi connectivity index (χ1n) is 5.03. The molecule has 6 heteroatoms. The maximum absolute atomic E-state index is 10.9. The largest absolute Gasteiger partial charge is 0.450 e. The number of nitrogens with two attached hydrogens (primary N) is 1. The summed E-state index contributed by atoms with van der Waals surface area (Å²) in [6, 6.07) is 11.5. The molecule has 2 N–H and O–H groups in total. The van der Waals surface area contributed by atoms with E-state index in [0.29, 0.717) is 11.4 Å². The van der Waals surface area contributed by atoms with Crippen LogP contribution in [-0.2, 0) is 0 Å². The minimum Gasteiger partial charge on any atom is -0.450 e. The van der Waals surface area contributed by atoms with Crippen molar-refractivity contribution in [1.29, 1.82) is 0 Å². The van der Waals surface area contributed by atoms with Gasteiger partial charge in [0.15, 0.2) is 0 Å². The monoisotopic (exact) mass is 356 g/mol. The molecule has 0 aliphatic rings. The molecule has 0 spiro atoms. The van der Waals surface area contributed by atoms with Crippen molar-refractivity contribution in [1.82, 2.24) is 0 Å². The van der Waals surface area contributed by atoms with Crippen LogP contribution in [-0.4, -0.2) is 4.92 Å². The molecule has 0 heterocycles. The highest BCUT2D eigenvalue weighted by atomic mass is 127. The average molecular weight is 356 g/mol. The van der Waals surface area contributed by atoms with Crippen molar-refractivity contribution in [3.8, 4) is 11.5 Å². The van der Waals surface area contributed by atoms with Gasteiger partial charge in [-0.1, -0.05) is 6.07 Å². The third-order valence-corrected chi connectivity index (χ3v) is 2.87. The molecule has 0 fully saturated rings. The molecule has 0 amide bonds. The molecule has 0 saturated heterocycles. The van der Waals surface area contributed by atoms with Gasteiger partial charge in [-0.25, -0.2) is 0 Å². The lowest BCUT2D eigenvalue weighted by molar-refractivity contribution is -0.385. The van der Waals surface area contributed by atoms with E-state index in [0.717, 1.165) is 3.57 Å². The van der Waals surface area contributed by atoms with Crippen LogP contribution in [0.25, 0.3) is 0 Å². The maximum atomic E-state index is 10.9. The van der Waals surface area contributed by atoms with Gasteiger partial charge >= 0.3 is 5.69 Å². The zero-order valence-corrected chi connectivity index (χ0v) is 11.3. The van der Waals surface area contributed by atoms with E-state index >= 15 is 0 Å². The van der Waals surface area contributed by atoms with E-state index in [9.17, 15) is 10.1 Å². The summed E-state index contributed by atoms with van der Waals surface area (Å²) < 4.78 is 6.26. The van der Waals surface area contributed by atoms with Crippen molar-refractivity contribution in [3.05, 3.63) is 56.1 Å². The summed E-state index contributed by atoms with van der Waals surface area (Å²) in [4.78, 5) is 10.5. The molecule has 0 radical (unpaired) electrons. The van der Waals surface area contributed by atoms with Crippen LogP contribution >= 0.6 is 22.6 Å². The lowest BCUT2D eigenvalue weighted by atomic mass is 10.3. The lowest BCUT2D eigenvalue weighted by Crippen LogP contribution is -1.94. The van der Waals surface area contributed by atoms with Crippen molar-refractivity contribution in [2.24, 2.45) is 0 Å². The Labute approximate surface area is 117 Å². The highest BCUT2D eigenvalue weighted by Crippen LogP contribution is 2.32. The van der Waals surface area contributed by atoms with Gasteiger partial charge < -0.3 is 10.5 Å². The second-order valence-electron chi connectivity index (χ2n) is 3.54. The van der Waals surface area contributed by atoms with Crippen LogP contribution in [0.4, 0.5) is 11.4 Å². The molecule has 2 aromatic rings. The van der Waals surface area contributed by atoms with Crippen LogP contribution in [0.2, 0.25) is 0 Å². The number of benzene rings is 2. The predicted molar refractivity (Wildman–Crippen MR) is 76.7 cm³/mol. The van der Waals surface area contributed by atoms with Gasteiger partial charge in [0.1, 0.15) is 5.75 Å². The van der Waals surface area contributed by atoms with Crippen LogP contribution in [0.5, 0.6) is 11.5 Å². The topological polar surface area (TPSA) is 78.4 Å². The zero-order chi connectivity index (χ0) is 13.1. The van der Waals surface area contributed by atoms with E-state index < -0.39 is 4.92 Å². The molecule has 2 rings (SSSR count). The smallest absolute Gasteiger partial charge is 0.312 e. The van der Waals surface area contributed by atoms with Crippen molar-refractivity contribution in [3.63, 3.8) is 0 Å². The van der Waals surface area contributed by atoms with Crippen LogP contribution < -0.4 is 10.5 Å². The number of nitro benzene ring substituents is 1. The normalized spacial score (nSPS) is 10.1. The van der Waals surface area contributed by atoms with E-state index in [2.05, 4.69) is 0 Å². The number of ether oxygens (including phenoxy) is 1. The molecule has 0 saturated carbocycles. The summed E-state index contributed by atoms with van der Waals surface area (Å²) in [5, 5.41) is 10.9. The number of nitrogens with zero attached hydrogens (tertiary/aromatic N) is 1. The third-order valence-electron chi connectivity index (χ3n) is 2.20. The van der Waals surface area contributed by atoms with Gasteiger partial charge in [0.05, 0.1) is 4.92 Å². The fourth-order valence-electron chi connectivity index (χ4n) is 1.42. The summed E-state index contributed by atoms with van der Waals surface area (Å²) >= 11 is 2.01. The quantitative estimate of drug-likeness (QED) is 0.395. The Morgan fingerprint density at radius 1 is 1.22 bits per heavy atom. The van der Waals surface area contributed by atoms with E-state index in [4.69, 9.17) is 10.5 Å². The fraction of sp³-hybridized carbons (Fsp3) is 0. The summed E-state index contributed by atoms with van der Waals surface area (Å²) in [5.74, 6) is 0.672. The Hall–Kier alpha value is -1.83. The third kappa shape index (κ3) is 2.89. The average Bonchev–Trinajstić information content (AvgIpc) is 2.31. The van der Waals surface area contributed by atoms with Gasteiger partial charge in [0.25, 0.3) is 0 Å². The van der Waals surface area contributed by atoms with Gasteiger partial charge in [-0.2, -0.15) is 0 Å². The standard InChI is InChI=1S/C12H9IN2O3/c13-8-4-5-12(11(6-8)15(16)17)18-10-3-1-2-9(14)7-10/h1-7H,14H2. The summed E-state index contributed by atoms with van der Waals surface area (Å²) in [7, 11) is 0. The number of rotatable bonds is 3. The second-order valence-corrected chi connectivity index (χ2v) is 4.79. The Bertz CT molecular complexity index is 602. The van der Waals surface area contributed by atoms with Gasteiger partial charge in [-0.05, 0) is 46.9 Å². The van der Waals surface area contributed by atoms with Gasteiger partial charge in [0.2, 0.25) is 5.75 Å². The first-order valence-corrected chi connectivity index (χ1v) is 6.11. The highest BCUT2D eigenvalue weighted by molar-refractivity contribution is 14.1. The molecular formula is C12H9IN2O3. The Kier molecular flexibility index (Phi) is 3.66. The Morgan fingerprint density at radius 2 is 2.00 bits per heavy atom. The predicted octanol–water partition coefficient (Wildman–Crippen LogP) is 3.57. The maximum Gasteiger partial charge on any atom is 0.312 e. The van der Waals surface area contributed by atoms with Gasteiger partial charge in [-0.3, -0.25) is 10.1 Å². The summed E-state index contributed by atoms with van der Waals surface area (Å²) in [6.45, 7) is 0. The molecule has 92 valence electrons. The van der Waals surface area contributed by atoms with E-state index in [1.54, 1.807) is 36.4 Å². The second kappa shape index (κ2) is 5.21. The molecule has 2 aromatic carbocycles. The molecule has 0 unspecified atom stereocenters. The molecule has 0 aromatic heterocycles. The molecule has 0 aliphatic carbocycles. The van der Waals surface area contributed by atoms with Crippen molar-refractivity contribution in [2.75, 3.05) is 5.73 Å². The van der Waals surface area contributed by atoms with Crippen molar-refractivity contribution >= 4 is 34.0 Å². The Balaban J connectivity index is 2.37. The number of hydrogen-bond acceptors (Lipinski definition) is 4. The van der Waals surface area contributed by atoms with Crippen LogP contribution in [0.1, 0.15) is 0 Å². The number of hydrogen-bond donors (Lipinski definition) is 1. The molecule has 0 aliphatic heterocycles. The molecule has 0 bridgehead atoms. The summed E-state index contributed by atoms with van der Waals surface area (Å²) in [6.07, 6.45) is 0. The number of anilines is 1. The molecular weight excluding hydrogens is 347 g/mol. The minimum absolute atomic E-state index is 0.0654. The highest BCUT2D eigenvalue weighted by Gasteiger charge is 2.16. The van der Waals surface area contributed by atoms with Crippen LogP contribution in [0, 0.1) is 13.7 Å². The first kappa shape index (κ1) is 12.6. The number of nitro groups is 1. The van der Waals surface area contributed by atoms with E-state index in [-0.39, 0.29) is 11.4 Å². The van der Waals surface area contributed by atoms with Gasteiger partial charge in [-0.15, -0.1) is 0 Å². The summed E-state index contributed by atoms with van der Waals surface area (Å²) in [5.41, 5.74) is 6.10. The first-order chi connectivity index (χ1) is 8.56. The SMILES string of the molecule is Nc1cccc(Oc2ccc(I)cc2[N+](=O)[O-])c1.